The predicted molar refractivity (Wildman–Crippen MR) is 57.8 cm³/mol. The highest BCUT2D eigenvalue weighted by Gasteiger charge is 2.04. The fourth-order valence-electron chi connectivity index (χ4n) is 1.25. The average Bonchev–Trinajstić information content (AvgIpc) is 2.18. The van der Waals surface area contributed by atoms with Gasteiger partial charge in [-0.25, -0.2) is 9.97 Å². The summed E-state index contributed by atoms with van der Waals surface area (Å²) < 4.78 is 5.14. The van der Waals surface area contributed by atoms with Crippen LogP contribution in [0.15, 0.2) is 24.5 Å². The monoisotopic (exact) mass is 211 g/mol. The maximum absolute atomic E-state index is 5.67. The molecule has 2 rings (SSSR count). The van der Waals surface area contributed by atoms with Crippen LogP contribution in [0.25, 0.3) is 10.9 Å². The van der Waals surface area contributed by atoms with Gasteiger partial charge in [-0.05, 0) is 12.1 Å². The normalized spacial score (nSPS) is 9.50. The van der Waals surface area contributed by atoms with Crippen LogP contribution in [0.3, 0.4) is 0 Å². The smallest absolute Gasteiger partial charge is 0.145 e. The number of hydrogen-bond donors (Lipinski definition) is 1. The summed E-state index contributed by atoms with van der Waals surface area (Å²) in [5, 5.41) is 0.821. The van der Waals surface area contributed by atoms with Crippen LogP contribution in [0.1, 0.15) is 0 Å². The van der Waals surface area contributed by atoms with Crippen LogP contribution in [0.4, 0.5) is 5.82 Å². The number of nitrogens with two attached hydrogens (primary N) is 1. The zero-order chi connectivity index (χ0) is 9.26. The molecule has 2 aromatic rings. The number of ether oxygens (including phenoxy) is 1. The standard InChI is InChI=1S/C9H9N3O.ClH/c1-13-7-4-2-3-6-8(7)11-5-12-9(6)10;/h2-5H,1H3,(H2,10,11,12);1H. The minimum absolute atomic E-state index is 0. The zero-order valence-corrected chi connectivity index (χ0v) is 8.41. The van der Waals surface area contributed by atoms with E-state index in [1.54, 1.807) is 7.11 Å². The molecule has 2 N–H and O–H groups in total. The highest BCUT2D eigenvalue weighted by atomic mass is 35.5. The SMILES string of the molecule is COc1cccc2c(N)ncnc12.Cl. The van der Waals surface area contributed by atoms with Gasteiger partial charge in [-0.15, -0.1) is 12.4 Å². The van der Waals surface area contributed by atoms with Crippen molar-refractivity contribution in [2.75, 3.05) is 12.8 Å². The van der Waals surface area contributed by atoms with E-state index >= 15 is 0 Å². The molecule has 0 amide bonds. The molecule has 0 fully saturated rings. The molecule has 0 saturated carbocycles. The van der Waals surface area contributed by atoms with Crippen LogP contribution < -0.4 is 10.5 Å². The molecule has 0 saturated heterocycles. The Morgan fingerprint density at radius 3 is 2.79 bits per heavy atom. The van der Waals surface area contributed by atoms with E-state index in [1.807, 2.05) is 18.2 Å². The van der Waals surface area contributed by atoms with Gasteiger partial charge in [-0.2, -0.15) is 0 Å². The Kier molecular flexibility index (Phi) is 3.09. The van der Waals surface area contributed by atoms with Gasteiger partial charge in [0, 0.05) is 5.39 Å². The summed E-state index contributed by atoms with van der Waals surface area (Å²) in [6.07, 6.45) is 1.43. The van der Waals surface area contributed by atoms with Crippen molar-refractivity contribution >= 4 is 29.1 Å². The summed E-state index contributed by atoms with van der Waals surface area (Å²) >= 11 is 0. The van der Waals surface area contributed by atoms with Gasteiger partial charge >= 0.3 is 0 Å². The number of halogens is 1. The molecule has 1 heterocycles. The second kappa shape index (κ2) is 4.11. The lowest BCUT2D eigenvalue weighted by Gasteiger charge is -2.04. The molecule has 14 heavy (non-hydrogen) atoms. The number of nitrogens with zero attached hydrogens (tertiary/aromatic N) is 2. The molecule has 5 heteroatoms. The van der Waals surface area contributed by atoms with E-state index in [-0.39, 0.29) is 12.4 Å². The van der Waals surface area contributed by atoms with Crippen LogP contribution >= 0.6 is 12.4 Å². The summed E-state index contributed by atoms with van der Waals surface area (Å²) in [6.45, 7) is 0. The number of fused-ring (bicyclic) bond motifs is 1. The first-order valence-electron chi connectivity index (χ1n) is 3.86. The largest absolute Gasteiger partial charge is 0.494 e. The average molecular weight is 212 g/mol. The Hall–Kier alpha value is -1.55. The maximum Gasteiger partial charge on any atom is 0.145 e. The third-order valence-corrected chi connectivity index (χ3v) is 1.88. The summed E-state index contributed by atoms with van der Waals surface area (Å²) in [5.41, 5.74) is 6.42. The van der Waals surface area contributed by atoms with Gasteiger partial charge in [-0.3, -0.25) is 0 Å². The van der Waals surface area contributed by atoms with Crippen molar-refractivity contribution in [2.24, 2.45) is 0 Å². The highest BCUT2D eigenvalue weighted by Crippen LogP contribution is 2.25. The van der Waals surface area contributed by atoms with Crippen molar-refractivity contribution in [3.05, 3.63) is 24.5 Å². The predicted octanol–water partition coefficient (Wildman–Crippen LogP) is 1.64. The van der Waals surface area contributed by atoms with E-state index in [0.717, 1.165) is 10.9 Å². The van der Waals surface area contributed by atoms with Gasteiger partial charge in [0.05, 0.1) is 7.11 Å². The molecule has 1 aromatic carbocycles. The maximum atomic E-state index is 5.67. The van der Waals surface area contributed by atoms with Crippen molar-refractivity contribution < 1.29 is 4.74 Å². The lowest BCUT2D eigenvalue weighted by molar-refractivity contribution is 0.419. The molecule has 0 atom stereocenters. The second-order valence-electron chi connectivity index (χ2n) is 2.62. The van der Waals surface area contributed by atoms with E-state index in [2.05, 4.69) is 9.97 Å². The van der Waals surface area contributed by atoms with E-state index in [4.69, 9.17) is 10.5 Å². The van der Waals surface area contributed by atoms with Crippen LogP contribution in [0.5, 0.6) is 5.75 Å². The number of anilines is 1. The second-order valence-corrected chi connectivity index (χ2v) is 2.62. The topological polar surface area (TPSA) is 61.0 Å². The Morgan fingerprint density at radius 2 is 2.07 bits per heavy atom. The van der Waals surface area contributed by atoms with E-state index < -0.39 is 0 Å². The van der Waals surface area contributed by atoms with Crippen LogP contribution in [-0.4, -0.2) is 17.1 Å². The first kappa shape index (κ1) is 10.5. The molecule has 0 aliphatic heterocycles. The quantitative estimate of drug-likeness (QED) is 0.779. The lowest BCUT2D eigenvalue weighted by Crippen LogP contribution is -1.94. The Morgan fingerprint density at radius 1 is 1.29 bits per heavy atom. The molecule has 0 radical (unpaired) electrons. The Bertz CT molecular complexity index is 447. The van der Waals surface area contributed by atoms with Crippen molar-refractivity contribution in [1.82, 2.24) is 9.97 Å². The number of hydrogen-bond acceptors (Lipinski definition) is 4. The minimum Gasteiger partial charge on any atom is -0.494 e. The molecular weight excluding hydrogens is 202 g/mol. The fraction of sp³-hybridized carbons (Fsp3) is 0.111. The number of benzene rings is 1. The van der Waals surface area contributed by atoms with E-state index in [9.17, 15) is 0 Å². The Labute approximate surface area is 87.5 Å². The lowest BCUT2D eigenvalue weighted by atomic mass is 10.2. The summed E-state index contributed by atoms with van der Waals surface area (Å²) in [7, 11) is 1.60. The number of nitrogen functional groups attached to an aromatic ring is 1. The molecule has 0 aliphatic rings. The van der Waals surface area contributed by atoms with Crippen LogP contribution in [0.2, 0.25) is 0 Å². The zero-order valence-electron chi connectivity index (χ0n) is 7.60. The van der Waals surface area contributed by atoms with Crippen molar-refractivity contribution in [3.63, 3.8) is 0 Å². The first-order chi connectivity index (χ1) is 6.33. The molecule has 1 aromatic heterocycles. The van der Waals surface area contributed by atoms with Gasteiger partial charge in [0.2, 0.25) is 0 Å². The van der Waals surface area contributed by atoms with Crippen molar-refractivity contribution in [2.45, 2.75) is 0 Å². The summed E-state index contributed by atoms with van der Waals surface area (Å²) in [4.78, 5) is 7.99. The van der Waals surface area contributed by atoms with Crippen LogP contribution in [0, 0.1) is 0 Å². The number of aromatic nitrogens is 2. The first-order valence-corrected chi connectivity index (χ1v) is 3.86. The third-order valence-electron chi connectivity index (χ3n) is 1.88. The van der Waals surface area contributed by atoms with Crippen molar-refractivity contribution in [3.8, 4) is 5.75 Å². The van der Waals surface area contributed by atoms with E-state index in [1.165, 1.54) is 6.33 Å². The Balaban J connectivity index is 0.000000980. The molecule has 0 aliphatic carbocycles. The molecular formula is C9H10ClN3O. The number of methoxy groups -OCH3 is 1. The van der Waals surface area contributed by atoms with E-state index in [0.29, 0.717) is 11.6 Å². The molecule has 0 spiro atoms. The highest BCUT2D eigenvalue weighted by molar-refractivity contribution is 5.91. The van der Waals surface area contributed by atoms with Gasteiger partial charge in [-0.1, -0.05) is 6.07 Å². The molecule has 4 nitrogen and oxygen atoms in total. The summed E-state index contributed by atoms with van der Waals surface area (Å²) in [6, 6.07) is 5.57. The number of rotatable bonds is 1. The third kappa shape index (κ3) is 1.56. The van der Waals surface area contributed by atoms with Gasteiger partial charge in [0.25, 0.3) is 0 Å². The molecule has 74 valence electrons. The fourth-order valence-corrected chi connectivity index (χ4v) is 1.25. The van der Waals surface area contributed by atoms with Crippen LogP contribution in [-0.2, 0) is 0 Å². The molecule has 0 bridgehead atoms. The van der Waals surface area contributed by atoms with Gasteiger partial charge in [0.15, 0.2) is 0 Å². The molecule has 0 unspecified atom stereocenters. The summed E-state index contributed by atoms with van der Waals surface area (Å²) in [5.74, 6) is 1.19. The van der Waals surface area contributed by atoms with Crippen molar-refractivity contribution in [1.29, 1.82) is 0 Å². The van der Waals surface area contributed by atoms with Gasteiger partial charge < -0.3 is 10.5 Å². The number of para-hydroxylation sites is 1. The van der Waals surface area contributed by atoms with Gasteiger partial charge in [0.1, 0.15) is 23.4 Å². The minimum atomic E-state index is 0.